The number of nitrogens with one attached hydrogen (secondary N) is 1. The van der Waals surface area contributed by atoms with Crippen molar-refractivity contribution in [1.82, 2.24) is 9.80 Å². The van der Waals surface area contributed by atoms with E-state index in [1.165, 1.54) is 12.1 Å². The van der Waals surface area contributed by atoms with Gasteiger partial charge in [0.25, 0.3) is 15.9 Å². The number of hydrogen-bond acceptors (Lipinski definition) is 5. The Bertz CT molecular complexity index is 966. The lowest BCUT2D eigenvalue weighted by atomic mass is 10.0. The quantitative estimate of drug-likeness (QED) is 0.729. The average molecular weight is 432 g/mol. The van der Waals surface area contributed by atoms with E-state index < -0.39 is 10.0 Å². The topological polar surface area (TPSA) is 78.9 Å². The summed E-state index contributed by atoms with van der Waals surface area (Å²) in [6.45, 7) is 3.76. The Morgan fingerprint density at radius 1 is 1.13 bits per heavy atom. The number of piperidine rings is 1. The summed E-state index contributed by atoms with van der Waals surface area (Å²) in [5, 5.41) is 0. The summed E-state index contributed by atoms with van der Waals surface area (Å²) < 4.78 is 33.5. The number of sulfonamides is 1. The van der Waals surface area contributed by atoms with Crippen molar-refractivity contribution in [3.8, 4) is 5.75 Å². The molecule has 0 spiro atoms. The Kier molecular flexibility index (Phi) is 6.99. The van der Waals surface area contributed by atoms with Gasteiger partial charge in [-0.1, -0.05) is 6.07 Å². The fourth-order valence-electron chi connectivity index (χ4n) is 3.56. The molecule has 1 aliphatic heterocycles. The lowest BCUT2D eigenvalue weighted by Gasteiger charge is -2.35. The summed E-state index contributed by atoms with van der Waals surface area (Å²) in [6, 6.07) is 13.4. The molecule has 0 radical (unpaired) electrons. The van der Waals surface area contributed by atoms with E-state index in [0.29, 0.717) is 42.7 Å². The number of likely N-dealkylation sites (tertiary alicyclic amines) is 1. The van der Waals surface area contributed by atoms with Crippen molar-refractivity contribution in [3.05, 3.63) is 54.1 Å². The number of rotatable bonds is 7. The van der Waals surface area contributed by atoms with Crippen molar-refractivity contribution in [3.63, 3.8) is 0 Å². The highest BCUT2D eigenvalue weighted by Gasteiger charge is 2.25. The summed E-state index contributed by atoms with van der Waals surface area (Å²) in [6.07, 6.45) is 1.83. The summed E-state index contributed by atoms with van der Waals surface area (Å²) in [5.41, 5.74) is 0.814. The molecule has 1 saturated heterocycles. The second-order valence-electron chi connectivity index (χ2n) is 7.58. The first-order valence-corrected chi connectivity index (χ1v) is 11.6. The lowest BCUT2D eigenvalue weighted by Crippen LogP contribution is -2.44. The Balaban J connectivity index is 1.71. The first kappa shape index (κ1) is 22.1. The second kappa shape index (κ2) is 9.49. The van der Waals surface area contributed by atoms with Crippen LogP contribution >= 0.6 is 0 Å². The molecule has 1 N–H and O–H groups in total. The Morgan fingerprint density at radius 3 is 2.40 bits per heavy atom. The molecule has 1 fully saturated rings. The van der Waals surface area contributed by atoms with Crippen molar-refractivity contribution >= 4 is 21.6 Å². The lowest BCUT2D eigenvalue weighted by molar-refractivity contribution is 0.0663. The molecule has 7 nitrogen and oxygen atoms in total. The molecule has 0 bridgehead atoms. The standard InChI is InChI=1S/C22H29N3O4S/c1-4-29-20-10-8-18(9-11-20)23-30(27,28)21-7-5-6-17(16-21)22(26)25-14-12-19(13-15-25)24(2)3/h5-11,16,19,23H,4,12-15H2,1-3H3. The van der Waals surface area contributed by atoms with E-state index in [1.807, 2.05) is 21.0 Å². The van der Waals surface area contributed by atoms with Crippen LogP contribution in [0.2, 0.25) is 0 Å². The molecule has 2 aromatic rings. The molecular formula is C22H29N3O4S. The third-order valence-corrected chi connectivity index (χ3v) is 6.67. The highest BCUT2D eigenvalue weighted by atomic mass is 32.2. The van der Waals surface area contributed by atoms with Crippen LogP contribution in [0.3, 0.4) is 0 Å². The largest absolute Gasteiger partial charge is 0.494 e. The van der Waals surface area contributed by atoms with Gasteiger partial charge in [-0.25, -0.2) is 8.42 Å². The Morgan fingerprint density at radius 2 is 1.80 bits per heavy atom. The average Bonchev–Trinajstić information content (AvgIpc) is 2.75. The highest BCUT2D eigenvalue weighted by Crippen LogP contribution is 2.22. The molecule has 0 saturated carbocycles. The minimum Gasteiger partial charge on any atom is -0.494 e. The van der Waals surface area contributed by atoms with E-state index in [2.05, 4.69) is 9.62 Å². The smallest absolute Gasteiger partial charge is 0.261 e. The predicted molar refractivity (Wildman–Crippen MR) is 117 cm³/mol. The number of amides is 1. The fraction of sp³-hybridized carbons (Fsp3) is 0.409. The van der Waals surface area contributed by atoms with Crippen molar-refractivity contribution < 1.29 is 17.9 Å². The molecule has 0 aliphatic carbocycles. The van der Waals surface area contributed by atoms with Crippen molar-refractivity contribution in [2.24, 2.45) is 0 Å². The third-order valence-electron chi connectivity index (χ3n) is 5.29. The number of hydrogen-bond donors (Lipinski definition) is 1. The van der Waals surface area contributed by atoms with E-state index in [-0.39, 0.29) is 10.8 Å². The number of nitrogens with zero attached hydrogens (tertiary/aromatic N) is 2. The molecule has 1 aliphatic rings. The number of ether oxygens (including phenoxy) is 1. The van der Waals surface area contributed by atoms with Crippen LogP contribution in [-0.4, -0.2) is 64.0 Å². The van der Waals surface area contributed by atoms with Crippen LogP contribution in [0.15, 0.2) is 53.4 Å². The summed E-state index contributed by atoms with van der Waals surface area (Å²) in [7, 11) is 0.285. The van der Waals surface area contributed by atoms with E-state index in [0.717, 1.165) is 12.8 Å². The van der Waals surface area contributed by atoms with Crippen LogP contribution < -0.4 is 9.46 Å². The normalized spacial score (nSPS) is 15.3. The van der Waals surface area contributed by atoms with E-state index in [4.69, 9.17) is 4.74 Å². The minimum atomic E-state index is -3.81. The molecule has 30 heavy (non-hydrogen) atoms. The molecule has 8 heteroatoms. The molecule has 2 aromatic carbocycles. The predicted octanol–water partition coefficient (Wildman–Crippen LogP) is 3.05. The molecule has 0 unspecified atom stereocenters. The molecular weight excluding hydrogens is 402 g/mol. The summed E-state index contributed by atoms with van der Waals surface area (Å²) in [5.74, 6) is 0.538. The van der Waals surface area contributed by atoms with Crippen LogP contribution in [0.25, 0.3) is 0 Å². The van der Waals surface area contributed by atoms with E-state index in [9.17, 15) is 13.2 Å². The number of carbonyl (C=O) groups excluding carboxylic acids is 1. The highest BCUT2D eigenvalue weighted by molar-refractivity contribution is 7.92. The molecule has 1 heterocycles. The van der Waals surface area contributed by atoms with Crippen LogP contribution in [-0.2, 0) is 10.0 Å². The minimum absolute atomic E-state index is 0.0606. The third kappa shape index (κ3) is 5.31. The van der Waals surface area contributed by atoms with Crippen LogP contribution in [0.4, 0.5) is 5.69 Å². The van der Waals surface area contributed by atoms with Gasteiger partial charge in [-0.2, -0.15) is 0 Å². The maximum absolute atomic E-state index is 12.9. The van der Waals surface area contributed by atoms with Crippen LogP contribution in [0, 0.1) is 0 Å². The first-order valence-electron chi connectivity index (χ1n) is 10.1. The van der Waals surface area contributed by atoms with Gasteiger partial charge in [0.1, 0.15) is 5.75 Å². The molecule has 162 valence electrons. The Labute approximate surface area is 178 Å². The van der Waals surface area contributed by atoms with E-state index in [1.54, 1.807) is 41.3 Å². The number of benzene rings is 2. The zero-order valence-electron chi connectivity index (χ0n) is 17.7. The second-order valence-corrected chi connectivity index (χ2v) is 9.26. The van der Waals surface area contributed by atoms with Crippen molar-refractivity contribution in [2.75, 3.05) is 38.5 Å². The molecule has 3 rings (SSSR count). The van der Waals surface area contributed by atoms with Gasteiger partial charge in [-0.05, 0) is 76.3 Å². The fourth-order valence-corrected chi connectivity index (χ4v) is 4.67. The zero-order chi connectivity index (χ0) is 21.7. The van der Waals surface area contributed by atoms with Gasteiger partial charge in [0, 0.05) is 30.4 Å². The van der Waals surface area contributed by atoms with Crippen LogP contribution in [0.1, 0.15) is 30.1 Å². The van der Waals surface area contributed by atoms with Gasteiger partial charge in [0.15, 0.2) is 0 Å². The monoisotopic (exact) mass is 431 g/mol. The van der Waals surface area contributed by atoms with Crippen LogP contribution in [0.5, 0.6) is 5.75 Å². The SMILES string of the molecule is CCOc1ccc(NS(=O)(=O)c2cccc(C(=O)N3CCC(N(C)C)CC3)c2)cc1. The molecule has 0 aromatic heterocycles. The van der Waals surface area contributed by atoms with Gasteiger partial charge < -0.3 is 14.5 Å². The summed E-state index contributed by atoms with van der Waals surface area (Å²) in [4.78, 5) is 16.9. The number of anilines is 1. The summed E-state index contributed by atoms with van der Waals surface area (Å²) >= 11 is 0. The molecule has 0 atom stereocenters. The number of carbonyl (C=O) groups is 1. The van der Waals surface area contributed by atoms with E-state index >= 15 is 0 Å². The van der Waals surface area contributed by atoms with Gasteiger partial charge in [0.05, 0.1) is 11.5 Å². The van der Waals surface area contributed by atoms with Gasteiger partial charge in [-0.3, -0.25) is 9.52 Å². The van der Waals surface area contributed by atoms with Gasteiger partial charge in [0.2, 0.25) is 0 Å². The van der Waals surface area contributed by atoms with Crippen molar-refractivity contribution in [1.29, 1.82) is 0 Å². The first-order chi connectivity index (χ1) is 14.3. The Hall–Kier alpha value is -2.58. The maximum Gasteiger partial charge on any atom is 0.261 e. The maximum atomic E-state index is 12.9. The van der Waals surface area contributed by atoms with Gasteiger partial charge in [-0.15, -0.1) is 0 Å². The molecule has 1 amide bonds. The van der Waals surface area contributed by atoms with Gasteiger partial charge >= 0.3 is 0 Å². The van der Waals surface area contributed by atoms with Crippen molar-refractivity contribution in [2.45, 2.75) is 30.7 Å². The zero-order valence-corrected chi connectivity index (χ0v) is 18.5.